The average Bonchev–Trinajstić information content (AvgIpc) is 2.89. The molecule has 2 unspecified atom stereocenters. The number of carbonyl (C=O) groups is 3. The van der Waals surface area contributed by atoms with Gasteiger partial charge < -0.3 is 20.2 Å². The van der Waals surface area contributed by atoms with Crippen molar-refractivity contribution in [1.82, 2.24) is 15.1 Å². The van der Waals surface area contributed by atoms with Crippen LogP contribution in [0.1, 0.15) is 33.6 Å². The van der Waals surface area contributed by atoms with E-state index in [0.717, 1.165) is 0 Å². The maximum absolute atomic E-state index is 12.1. The molecule has 0 saturated carbocycles. The van der Waals surface area contributed by atoms with E-state index in [4.69, 9.17) is 5.11 Å². The van der Waals surface area contributed by atoms with E-state index in [1.807, 2.05) is 13.8 Å². The van der Waals surface area contributed by atoms with Crippen molar-refractivity contribution in [3.63, 3.8) is 0 Å². The molecule has 0 spiro atoms. The van der Waals surface area contributed by atoms with Gasteiger partial charge in [0.2, 0.25) is 5.91 Å². The van der Waals surface area contributed by atoms with Crippen molar-refractivity contribution in [3.05, 3.63) is 0 Å². The summed E-state index contributed by atoms with van der Waals surface area (Å²) in [6.07, 6.45) is 1.13. The number of nitrogens with zero attached hydrogens (tertiary/aromatic N) is 2. The molecule has 0 aromatic heterocycles. The highest BCUT2D eigenvalue weighted by Gasteiger charge is 2.35. The first-order chi connectivity index (χ1) is 9.42. The molecular formula is C13H23N3O4. The molecule has 0 aromatic carbocycles. The Balaban J connectivity index is 2.61. The molecule has 1 aliphatic rings. The van der Waals surface area contributed by atoms with Gasteiger partial charge in [0, 0.05) is 19.6 Å². The van der Waals surface area contributed by atoms with Crippen molar-refractivity contribution in [2.45, 2.75) is 45.7 Å². The molecule has 0 bridgehead atoms. The fraction of sp³-hybridized carbons (Fsp3) is 0.769. The summed E-state index contributed by atoms with van der Waals surface area (Å²) in [6, 6.07) is -1.92. The van der Waals surface area contributed by atoms with Gasteiger partial charge in [0.1, 0.15) is 12.1 Å². The zero-order valence-corrected chi connectivity index (χ0v) is 12.3. The van der Waals surface area contributed by atoms with Crippen LogP contribution >= 0.6 is 0 Å². The van der Waals surface area contributed by atoms with Crippen LogP contribution in [0.4, 0.5) is 4.79 Å². The van der Waals surface area contributed by atoms with E-state index in [1.165, 1.54) is 4.90 Å². The number of hydrogen-bond donors (Lipinski definition) is 2. The minimum Gasteiger partial charge on any atom is -0.480 e. The number of likely N-dealkylation sites (N-methyl/N-ethyl adjacent to an activating group) is 1. The average molecular weight is 285 g/mol. The van der Waals surface area contributed by atoms with Gasteiger partial charge in [0.05, 0.1) is 0 Å². The number of carbonyl (C=O) groups excluding carboxylic acids is 2. The zero-order chi connectivity index (χ0) is 15.3. The number of likely N-dealkylation sites (tertiary alicyclic amines) is 1. The molecule has 3 amide bonds. The standard InChI is InChI=1S/C13H23N3O4/c1-4-15(5-2)11(17)9(3)14-13(20)16-8-6-7-10(16)12(18)19/h9-10H,4-8H2,1-3H3,(H,14,20)(H,18,19). The van der Waals surface area contributed by atoms with Crippen molar-refractivity contribution in [2.24, 2.45) is 0 Å². The predicted molar refractivity (Wildman–Crippen MR) is 73.3 cm³/mol. The van der Waals surface area contributed by atoms with Crippen molar-refractivity contribution in [3.8, 4) is 0 Å². The maximum atomic E-state index is 12.1. The summed E-state index contributed by atoms with van der Waals surface area (Å²) >= 11 is 0. The molecule has 0 aromatic rings. The van der Waals surface area contributed by atoms with Crippen LogP contribution in [0.15, 0.2) is 0 Å². The minimum atomic E-state index is -1.000. The second-order valence-corrected chi connectivity index (χ2v) is 4.87. The molecule has 7 heteroatoms. The molecule has 1 heterocycles. The van der Waals surface area contributed by atoms with Crippen molar-refractivity contribution in [1.29, 1.82) is 0 Å². The molecule has 1 rings (SSSR count). The van der Waals surface area contributed by atoms with Crippen LogP contribution in [-0.2, 0) is 9.59 Å². The van der Waals surface area contributed by atoms with Crippen LogP contribution in [-0.4, -0.2) is 64.5 Å². The second kappa shape index (κ2) is 7.12. The molecule has 0 radical (unpaired) electrons. The lowest BCUT2D eigenvalue weighted by atomic mass is 10.2. The third-order valence-corrected chi connectivity index (χ3v) is 3.58. The Bertz CT molecular complexity index is 382. The summed E-state index contributed by atoms with van der Waals surface area (Å²) in [4.78, 5) is 38.1. The number of hydrogen-bond acceptors (Lipinski definition) is 3. The summed E-state index contributed by atoms with van der Waals surface area (Å²) in [5.74, 6) is -1.16. The van der Waals surface area contributed by atoms with Crippen LogP contribution in [0.25, 0.3) is 0 Å². The normalized spacial score (nSPS) is 19.6. The number of urea groups is 1. The molecule has 20 heavy (non-hydrogen) atoms. The highest BCUT2D eigenvalue weighted by molar-refractivity contribution is 5.88. The molecule has 2 atom stereocenters. The Labute approximate surface area is 118 Å². The number of nitrogens with one attached hydrogen (secondary N) is 1. The second-order valence-electron chi connectivity index (χ2n) is 4.87. The molecule has 7 nitrogen and oxygen atoms in total. The van der Waals surface area contributed by atoms with Gasteiger partial charge in [-0.1, -0.05) is 0 Å². The van der Waals surface area contributed by atoms with Crippen LogP contribution in [0, 0.1) is 0 Å². The van der Waals surface area contributed by atoms with Crippen LogP contribution in [0.3, 0.4) is 0 Å². The number of aliphatic carboxylic acids is 1. The van der Waals surface area contributed by atoms with Gasteiger partial charge >= 0.3 is 12.0 Å². The third kappa shape index (κ3) is 3.61. The van der Waals surface area contributed by atoms with Gasteiger partial charge in [0.25, 0.3) is 0 Å². The Morgan fingerprint density at radius 3 is 2.45 bits per heavy atom. The Morgan fingerprint density at radius 1 is 1.35 bits per heavy atom. The SMILES string of the molecule is CCN(CC)C(=O)C(C)NC(=O)N1CCCC1C(=O)O. The third-order valence-electron chi connectivity index (χ3n) is 3.58. The number of rotatable bonds is 5. The Kier molecular flexibility index (Phi) is 5.79. The summed E-state index contributed by atoms with van der Waals surface area (Å²) < 4.78 is 0. The van der Waals surface area contributed by atoms with Crippen molar-refractivity contribution < 1.29 is 19.5 Å². The van der Waals surface area contributed by atoms with Crippen LogP contribution < -0.4 is 5.32 Å². The number of carboxylic acids is 1. The van der Waals surface area contributed by atoms with E-state index in [0.29, 0.717) is 32.5 Å². The Hall–Kier alpha value is -1.79. The minimum absolute atomic E-state index is 0.158. The van der Waals surface area contributed by atoms with E-state index in [1.54, 1.807) is 11.8 Å². The molecule has 0 aliphatic carbocycles. The van der Waals surface area contributed by atoms with Gasteiger partial charge in [-0.25, -0.2) is 9.59 Å². The smallest absolute Gasteiger partial charge is 0.326 e. The predicted octanol–water partition coefficient (Wildman–Crippen LogP) is 0.502. The maximum Gasteiger partial charge on any atom is 0.326 e. The van der Waals surface area contributed by atoms with Crippen molar-refractivity contribution in [2.75, 3.05) is 19.6 Å². The van der Waals surface area contributed by atoms with Gasteiger partial charge in [-0.2, -0.15) is 0 Å². The van der Waals surface area contributed by atoms with Crippen LogP contribution in [0.5, 0.6) is 0 Å². The van der Waals surface area contributed by atoms with E-state index < -0.39 is 24.1 Å². The van der Waals surface area contributed by atoms with E-state index in [9.17, 15) is 14.4 Å². The Morgan fingerprint density at radius 2 is 1.95 bits per heavy atom. The molecule has 1 saturated heterocycles. The summed E-state index contributed by atoms with van der Waals surface area (Å²) in [5.41, 5.74) is 0. The first-order valence-electron chi connectivity index (χ1n) is 7.01. The topological polar surface area (TPSA) is 90.0 Å². The largest absolute Gasteiger partial charge is 0.480 e. The van der Waals surface area contributed by atoms with Gasteiger partial charge in [-0.3, -0.25) is 4.79 Å². The van der Waals surface area contributed by atoms with Crippen molar-refractivity contribution >= 4 is 17.9 Å². The lowest BCUT2D eigenvalue weighted by Crippen LogP contribution is -2.53. The highest BCUT2D eigenvalue weighted by Crippen LogP contribution is 2.17. The lowest BCUT2D eigenvalue weighted by Gasteiger charge is -2.27. The summed E-state index contributed by atoms with van der Waals surface area (Å²) in [5, 5.41) is 11.6. The molecule has 1 fully saturated rings. The molecular weight excluding hydrogens is 262 g/mol. The van der Waals surface area contributed by atoms with Gasteiger partial charge in [0.15, 0.2) is 0 Å². The quantitative estimate of drug-likeness (QED) is 0.769. The lowest BCUT2D eigenvalue weighted by molar-refractivity contribution is -0.141. The molecule has 2 N–H and O–H groups in total. The molecule has 1 aliphatic heterocycles. The fourth-order valence-corrected chi connectivity index (χ4v) is 2.41. The van der Waals surface area contributed by atoms with E-state index in [2.05, 4.69) is 5.32 Å². The highest BCUT2D eigenvalue weighted by atomic mass is 16.4. The van der Waals surface area contributed by atoms with Gasteiger partial charge in [-0.05, 0) is 33.6 Å². The first-order valence-corrected chi connectivity index (χ1v) is 7.01. The number of carboxylic acid groups (broad SMARTS) is 1. The van der Waals surface area contributed by atoms with E-state index in [-0.39, 0.29) is 5.91 Å². The van der Waals surface area contributed by atoms with E-state index >= 15 is 0 Å². The van der Waals surface area contributed by atoms with Crippen LogP contribution in [0.2, 0.25) is 0 Å². The van der Waals surface area contributed by atoms with Gasteiger partial charge in [-0.15, -0.1) is 0 Å². The number of amides is 3. The fourth-order valence-electron chi connectivity index (χ4n) is 2.41. The molecule has 114 valence electrons. The summed E-state index contributed by atoms with van der Waals surface area (Å²) in [6.45, 7) is 6.93. The first kappa shape index (κ1) is 16.3. The summed E-state index contributed by atoms with van der Waals surface area (Å²) in [7, 11) is 0. The monoisotopic (exact) mass is 285 g/mol. The zero-order valence-electron chi connectivity index (χ0n) is 12.3.